The number of hydrogen-bond donors (Lipinski definition) is 1. The van der Waals surface area contributed by atoms with Crippen LogP contribution >= 0.6 is 0 Å². The van der Waals surface area contributed by atoms with Crippen molar-refractivity contribution >= 4 is 10.9 Å². The van der Waals surface area contributed by atoms with E-state index < -0.39 is 0 Å². The van der Waals surface area contributed by atoms with Crippen molar-refractivity contribution < 1.29 is 0 Å². The SMILES string of the molecule is C[C@H]1[C@H]2Cc3cc4nc[nH]c(=O)c4cc3[C@]1(C)CCN2CC1CC1. The fourth-order valence-electron chi connectivity index (χ4n) is 5.14. The zero-order valence-corrected chi connectivity index (χ0v) is 14.5. The number of aromatic nitrogens is 2. The van der Waals surface area contributed by atoms with Gasteiger partial charge >= 0.3 is 0 Å². The van der Waals surface area contributed by atoms with E-state index in [4.69, 9.17) is 0 Å². The molecular formula is C20H25N3O. The van der Waals surface area contributed by atoms with E-state index in [-0.39, 0.29) is 11.0 Å². The van der Waals surface area contributed by atoms with E-state index in [2.05, 4.69) is 40.8 Å². The summed E-state index contributed by atoms with van der Waals surface area (Å²) in [6, 6.07) is 4.95. The van der Waals surface area contributed by atoms with Crippen LogP contribution in [0.4, 0.5) is 0 Å². The summed E-state index contributed by atoms with van der Waals surface area (Å²) < 4.78 is 0. The number of fused-ring (bicyclic) bond motifs is 5. The summed E-state index contributed by atoms with van der Waals surface area (Å²) in [4.78, 5) is 22.1. The molecule has 2 aliphatic carbocycles. The van der Waals surface area contributed by atoms with Crippen molar-refractivity contribution in [1.82, 2.24) is 14.9 Å². The number of nitrogens with zero attached hydrogens (tertiary/aromatic N) is 2. The molecule has 3 atom stereocenters. The van der Waals surface area contributed by atoms with E-state index in [1.165, 1.54) is 49.8 Å². The molecular weight excluding hydrogens is 298 g/mol. The average Bonchev–Trinajstić information content (AvgIpc) is 3.37. The Morgan fingerprint density at radius 1 is 1.38 bits per heavy atom. The Labute approximate surface area is 142 Å². The molecule has 2 fully saturated rings. The predicted octanol–water partition coefficient (Wildman–Crippen LogP) is 2.86. The summed E-state index contributed by atoms with van der Waals surface area (Å²) in [5.41, 5.74) is 3.79. The first-order valence-corrected chi connectivity index (χ1v) is 9.31. The lowest BCUT2D eigenvalue weighted by atomic mass is 9.59. The van der Waals surface area contributed by atoms with Crippen molar-refractivity contribution in [3.63, 3.8) is 0 Å². The van der Waals surface area contributed by atoms with Crippen molar-refractivity contribution in [2.45, 2.75) is 51.0 Å². The van der Waals surface area contributed by atoms with Gasteiger partial charge in [-0.05, 0) is 72.7 Å². The van der Waals surface area contributed by atoms with Gasteiger partial charge in [-0.1, -0.05) is 13.8 Å². The third-order valence-electron chi connectivity index (χ3n) is 7.07. The van der Waals surface area contributed by atoms with Crippen molar-refractivity contribution in [2.75, 3.05) is 13.1 Å². The number of benzene rings is 1. The maximum Gasteiger partial charge on any atom is 0.258 e. The first-order valence-electron chi connectivity index (χ1n) is 9.31. The lowest BCUT2D eigenvalue weighted by molar-refractivity contribution is 0.0285. The summed E-state index contributed by atoms with van der Waals surface area (Å²) in [5, 5.41) is 0.739. The average molecular weight is 323 g/mol. The highest BCUT2D eigenvalue weighted by Gasteiger charge is 2.49. The molecule has 1 aromatic heterocycles. The standard InChI is InChI=1S/C20H25N3O/c1-12-18-8-14-7-17-15(19(24)22-11-21-17)9-16(14)20(12,2)5-6-23(18)10-13-3-4-13/h7,9,11-13,18H,3-6,8,10H2,1-2H3,(H,21,22,24)/t12-,18+,20+/m0/s1. The fraction of sp³-hybridized carbons (Fsp3) is 0.600. The summed E-state index contributed by atoms with van der Waals surface area (Å²) in [7, 11) is 0. The molecule has 0 radical (unpaired) electrons. The Hall–Kier alpha value is -1.68. The van der Waals surface area contributed by atoms with Gasteiger partial charge in [0.1, 0.15) is 0 Å². The zero-order valence-electron chi connectivity index (χ0n) is 14.5. The third kappa shape index (κ3) is 2.02. The molecule has 4 heteroatoms. The van der Waals surface area contributed by atoms with Crippen LogP contribution in [0.15, 0.2) is 23.3 Å². The lowest BCUT2D eigenvalue weighted by Crippen LogP contribution is -2.58. The second-order valence-electron chi connectivity index (χ2n) is 8.42. The van der Waals surface area contributed by atoms with E-state index >= 15 is 0 Å². The maximum atomic E-state index is 12.2. The topological polar surface area (TPSA) is 49.0 Å². The van der Waals surface area contributed by atoms with Gasteiger partial charge in [0.2, 0.25) is 0 Å². The highest BCUT2D eigenvalue weighted by molar-refractivity contribution is 5.80. The Bertz CT molecular complexity index is 869. The highest BCUT2D eigenvalue weighted by Crippen LogP contribution is 2.49. The molecule has 24 heavy (non-hydrogen) atoms. The Morgan fingerprint density at radius 3 is 3.00 bits per heavy atom. The van der Waals surface area contributed by atoms with Gasteiger partial charge in [0, 0.05) is 12.6 Å². The Balaban J connectivity index is 1.64. The van der Waals surface area contributed by atoms with Crippen LogP contribution in [0.25, 0.3) is 10.9 Å². The second kappa shape index (κ2) is 4.92. The number of nitrogens with one attached hydrogen (secondary N) is 1. The number of piperidine rings is 1. The van der Waals surface area contributed by atoms with Crippen molar-refractivity contribution in [3.8, 4) is 0 Å². The first-order chi connectivity index (χ1) is 11.6. The van der Waals surface area contributed by atoms with Gasteiger partial charge in [-0.25, -0.2) is 4.98 Å². The van der Waals surface area contributed by atoms with Crippen LogP contribution in [0.1, 0.15) is 44.2 Å². The molecule has 1 aromatic carbocycles. The fourth-order valence-corrected chi connectivity index (χ4v) is 5.14. The highest BCUT2D eigenvalue weighted by atomic mass is 16.1. The molecule has 1 saturated carbocycles. The molecule has 1 N–H and O–H groups in total. The van der Waals surface area contributed by atoms with Gasteiger partial charge < -0.3 is 4.98 Å². The smallest absolute Gasteiger partial charge is 0.258 e. The first kappa shape index (κ1) is 14.6. The predicted molar refractivity (Wildman–Crippen MR) is 95.3 cm³/mol. The number of H-pyrrole nitrogens is 1. The Kier molecular flexibility index (Phi) is 3.00. The minimum Gasteiger partial charge on any atom is -0.313 e. The maximum absolute atomic E-state index is 12.2. The molecule has 1 aliphatic heterocycles. The van der Waals surface area contributed by atoms with Gasteiger partial charge in [0.25, 0.3) is 5.56 Å². The number of likely N-dealkylation sites (tertiary alicyclic amines) is 1. The van der Waals surface area contributed by atoms with Crippen molar-refractivity contribution in [3.05, 3.63) is 39.9 Å². The molecule has 0 spiro atoms. The number of hydrogen-bond acceptors (Lipinski definition) is 3. The van der Waals surface area contributed by atoms with Crippen LogP contribution in [-0.4, -0.2) is 34.0 Å². The zero-order chi connectivity index (χ0) is 16.5. The van der Waals surface area contributed by atoms with Gasteiger partial charge in [0.05, 0.1) is 17.2 Å². The van der Waals surface area contributed by atoms with E-state index in [1.807, 2.05) is 0 Å². The molecule has 2 bridgehead atoms. The Morgan fingerprint density at radius 2 is 2.21 bits per heavy atom. The summed E-state index contributed by atoms with van der Waals surface area (Å²) in [5.74, 6) is 1.57. The van der Waals surface area contributed by atoms with Crippen LogP contribution in [-0.2, 0) is 11.8 Å². The molecule has 3 aliphatic rings. The van der Waals surface area contributed by atoms with Gasteiger partial charge in [-0.3, -0.25) is 9.69 Å². The summed E-state index contributed by atoms with van der Waals surface area (Å²) in [6.45, 7) is 7.31. The van der Waals surface area contributed by atoms with E-state index in [0.717, 1.165) is 23.2 Å². The van der Waals surface area contributed by atoms with Gasteiger partial charge in [-0.15, -0.1) is 0 Å². The number of aromatic amines is 1. The van der Waals surface area contributed by atoms with Gasteiger partial charge in [0.15, 0.2) is 0 Å². The van der Waals surface area contributed by atoms with Crippen molar-refractivity contribution in [1.29, 1.82) is 0 Å². The van der Waals surface area contributed by atoms with E-state index in [1.54, 1.807) is 0 Å². The third-order valence-corrected chi connectivity index (χ3v) is 7.07. The van der Waals surface area contributed by atoms with Crippen molar-refractivity contribution in [2.24, 2.45) is 11.8 Å². The second-order valence-corrected chi connectivity index (χ2v) is 8.42. The molecule has 2 aromatic rings. The minimum absolute atomic E-state index is 0.0210. The number of rotatable bonds is 2. The molecule has 2 heterocycles. The normalized spacial score (nSPS) is 32.8. The monoisotopic (exact) mass is 323 g/mol. The molecule has 4 nitrogen and oxygen atoms in total. The lowest BCUT2D eigenvalue weighted by Gasteiger charge is -2.54. The van der Waals surface area contributed by atoms with Crippen LogP contribution in [0.3, 0.4) is 0 Å². The van der Waals surface area contributed by atoms with E-state index in [9.17, 15) is 4.79 Å². The van der Waals surface area contributed by atoms with Crippen LogP contribution in [0.2, 0.25) is 0 Å². The van der Waals surface area contributed by atoms with Crippen LogP contribution in [0, 0.1) is 11.8 Å². The molecule has 0 unspecified atom stereocenters. The quantitative estimate of drug-likeness (QED) is 0.924. The molecule has 126 valence electrons. The van der Waals surface area contributed by atoms with E-state index in [0.29, 0.717) is 12.0 Å². The minimum atomic E-state index is -0.0210. The largest absolute Gasteiger partial charge is 0.313 e. The van der Waals surface area contributed by atoms with Gasteiger partial charge in [-0.2, -0.15) is 0 Å². The molecule has 0 amide bonds. The summed E-state index contributed by atoms with van der Waals surface area (Å²) >= 11 is 0. The molecule has 1 saturated heterocycles. The van der Waals surface area contributed by atoms with Crippen LogP contribution < -0.4 is 5.56 Å². The summed E-state index contributed by atoms with van der Waals surface area (Å²) in [6.07, 6.45) is 6.65. The molecule has 5 rings (SSSR count). The van der Waals surface area contributed by atoms with Crippen LogP contribution in [0.5, 0.6) is 0 Å².